The summed E-state index contributed by atoms with van der Waals surface area (Å²) in [5.41, 5.74) is 0.537. The zero-order valence-electron chi connectivity index (χ0n) is 12.3. The first-order valence-electron chi connectivity index (χ1n) is 7.38. The first kappa shape index (κ1) is 16.4. The Morgan fingerprint density at radius 1 is 1.38 bits per heavy atom. The van der Waals surface area contributed by atoms with Crippen LogP contribution in [0.3, 0.4) is 0 Å². The number of benzene rings is 1. The molecule has 0 bridgehead atoms. The predicted octanol–water partition coefficient (Wildman–Crippen LogP) is 2.45. The molecule has 0 radical (unpaired) electrons. The van der Waals surface area contributed by atoms with Gasteiger partial charge < -0.3 is 10.1 Å². The molecule has 6 heteroatoms. The van der Waals surface area contributed by atoms with Crippen LogP contribution >= 0.6 is 0 Å². The Morgan fingerprint density at radius 3 is 2.95 bits per heavy atom. The van der Waals surface area contributed by atoms with Crippen LogP contribution in [0, 0.1) is 5.82 Å². The molecule has 0 aromatic heterocycles. The largest absolute Gasteiger partial charge is 0.380 e. The molecule has 0 saturated heterocycles. The van der Waals surface area contributed by atoms with E-state index in [2.05, 4.69) is 12.2 Å². The van der Waals surface area contributed by atoms with Gasteiger partial charge in [0.15, 0.2) is 9.84 Å². The topological polar surface area (TPSA) is 55.4 Å². The summed E-state index contributed by atoms with van der Waals surface area (Å²) in [7, 11) is -3.27. The summed E-state index contributed by atoms with van der Waals surface area (Å²) in [6, 6.07) is 3.76. The van der Waals surface area contributed by atoms with E-state index in [1.807, 2.05) is 0 Å². The van der Waals surface area contributed by atoms with E-state index in [1.165, 1.54) is 18.2 Å². The van der Waals surface area contributed by atoms with Gasteiger partial charge >= 0.3 is 0 Å². The summed E-state index contributed by atoms with van der Waals surface area (Å²) < 4.78 is 42.9. The molecule has 1 heterocycles. The average molecular weight is 315 g/mol. The lowest BCUT2D eigenvalue weighted by molar-refractivity contribution is 0.130. The highest BCUT2D eigenvalue weighted by Gasteiger charge is 2.30. The molecule has 0 amide bonds. The lowest BCUT2D eigenvalue weighted by Crippen LogP contribution is -2.32. The summed E-state index contributed by atoms with van der Waals surface area (Å²) in [5, 5.41) is 3.26. The summed E-state index contributed by atoms with van der Waals surface area (Å²) in [6.45, 7) is 4.05. The standard InChI is InChI=1S/C15H22FNO3S/c1-2-3-8-20-9-7-17-14-6-10-21(18,19)15-5-4-12(16)11-13(14)15/h4-5,11,14,17H,2-3,6-10H2,1H3. The van der Waals surface area contributed by atoms with Crippen LogP contribution in [0.25, 0.3) is 0 Å². The molecule has 1 aliphatic heterocycles. The monoisotopic (exact) mass is 315 g/mol. The minimum absolute atomic E-state index is 0.0972. The van der Waals surface area contributed by atoms with Gasteiger partial charge in [-0.2, -0.15) is 0 Å². The lowest BCUT2D eigenvalue weighted by Gasteiger charge is -2.26. The minimum Gasteiger partial charge on any atom is -0.380 e. The zero-order valence-corrected chi connectivity index (χ0v) is 13.1. The molecule has 0 saturated carbocycles. The van der Waals surface area contributed by atoms with Crippen LogP contribution < -0.4 is 5.32 Å². The molecule has 0 fully saturated rings. The number of unbranched alkanes of at least 4 members (excludes halogenated alkanes) is 1. The Morgan fingerprint density at radius 2 is 2.19 bits per heavy atom. The number of rotatable bonds is 7. The first-order valence-corrected chi connectivity index (χ1v) is 9.03. The van der Waals surface area contributed by atoms with Gasteiger partial charge in [-0.25, -0.2) is 12.8 Å². The Kier molecular flexibility index (Phi) is 5.72. The Balaban J connectivity index is 1.98. The van der Waals surface area contributed by atoms with Gasteiger partial charge in [0, 0.05) is 19.2 Å². The van der Waals surface area contributed by atoms with Crippen molar-refractivity contribution in [3.63, 3.8) is 0 Å². The second kappa shape index (κ2) is 7.33. The quantitative estimate of drug-likeness (QED) is 0.620. The molecule has 0 aliphatic carbocycles. The third-order valence-electron chi connectivity index (χ3n) is 3.64. The van der Waals surface area contributed by atoms with Crippen molar-refractivity contribution >= 4 is 9.84 Å². The highest BCUT2D eigenvalue weighted by molar-refractivity contribution is 7.91. The van der Waals surface area contributed by atoms with Crippen molar-refractivity contribution in [2.75, 3.05) is 25.5 Å². The van der Waals surface area contributed by atoms with E-state index in [0.29, 0.717) is 25.1 Å². The molecular formula is C15H22FNO3S. The second-order valence-electron chi connectivity index (χ2n) is 5.26. The average Bonchev–Trinajstić information content (AvgIpc) is 2.44. The number of ether oxygens (including phenoxy) is 1. The number of hydrogen-bond acceptors (Lipinski definition) is 4. The van der Waals surface area contributed by atoms with Crippen molar-refractivity contribution in [3.05, 3.63) is 29.6 Å². The third kappa shape index (κ3) is 4.25. The van der Waals surface area contributed by atoms with Crippen LogP contribution in [0.5, 0.6) is 0 Å². The van der Waals surface area contributed by atoms with Gasteiger partial charge in [-0.05, 0) is 36.6 Å². The maximum Gasteiger partial charge on any atom is 0.178 e. The molecule has 1 N–H and O–H groups in total. The van der Waals surface area contributed by atoms with Crippen molar-refractivity contribution in [1.82, 2.24) is 5.32 Å². The number of sulfone groups is 1. The van der Waals surface area contributed by atoms with Crippen LogP contribution in [0.15, 0.2) is 23.1 Å². The van der Waals surface area contributed by atoms with E-state index in [-0.39, 0.29) is 16.7 Å². The number of nitrogens with one attached hydrogen (secondary N) is 1. The van der Waals surface area contributed by atoms with Gasteiger partial charge in [0.1, 0.15) is 5.82 Å². The lowest BCUT2D eigenvalue weighted by atomic mass is 10.0. The van der Waals surface area contributed by atoms with Crippen LogP contribution in [0.2, 0.25) is 0 Å². The smallest absolute Gasteiger partial charge is 0.178 e. The molecule has 1 aliphatic rings. The van der Waals surface area contributed by atoms with Gasteiger partial charge in [0.2, 0.25) is 0 Å². The molecule has 2 rings (SSSR count). The molecule has 21 heavy (non-hydrogen) atoms. The van der Waals surface area contributed by atoms with E-state index in [9.17, 15) is 12.8 Å². The van der Waals surface area contributed by atoms with Crippen LogP contribution in [0.4, 0.5) is 4.39 Å². The second-order valence-corrected chi connectivity index (χ2v) is 7.34. The van der Waals surface area contributed by atoms with E-state index in [1.54, 1.807) is 0 Å². The normalized spacial score (nSPS) is 20.2. The van der Waals surface area contributed by atoms with Gasteiger partial charge in [0.05, 0.1) is 17.3 Å². The van der Waals surface area contributed by atoms with Gasteiger partial charge in [-0.3, -0.25) is 0 Å². The van der Waals surface area contributed by atoms with Crippen molar-refractivity contribution < 1.29 is 17.5 Å². The predicted molar refractivity (Wildman–Crippen MR) is 79.5 cm³/mol. The summed E-state index contributed by atoms with van der Waals surface area (Å²) in [6.07, 6.45) is 2.60. The number of hydrogen-bond donors (Lipinski definition) is 1. The molecule has 0 spiro atoms. The fraction of sp³-hybridized carbons (Fsp3) is 0.600. The molecule has 1 atom stereocenters. The Bertz CT molecular complexity index is 574. The van der Waals surface area contributed by atoms with E-state index in [4.69, 9.17) is 4.74 Å². The summed E-state index contributed by atoms with van der Waals surface area (Å²) >= 11 is 0. The van der Waals surface area contributed by atoms with Crippen molar-refractivity contribution in [1.29, 1.82) is 0 Å². The van der Waals surface area contributed by atoms with Crippen LogP contribution in [-0.2, 0) is 14.6 Å². The van der Waals surface area contributed by atoms with Crippen molar-refractivity contribution in [3.8, 4) is 0 Å². The molecule has 1 aromatic rings. The molecule has 4 nitrogen and oxygen atoms in total. The van der Waals surface area contributed by atoms with Gasteiger partial charge in [-0.1, -0.05) is 13.3 Å². The highest BCUT2D eigenvalue weighted by atomic mass is 32.2. The maximum atomic E-state index is 13.4. The number of halogens is 1. The summed E-state index contributed by atoms with van der Waals surface area (Å²) in [4.78, 5) is 0.250. The zero-order chi connectivity index (χ0) is 15.3. The first-order chi connectivity index (χ1) is 10.0. The molecule has 118 valence electrons. The molecular weight excluding hydrogens is 293 g/mol. The van der Waals surface area contributed by atoms with Crippen LogP contribution in [0.1, 0.15) is 37.8 Å². The van der Waals surface area contributed by atoms with Gasteiger partial charge in [-0.15, -0.1) is 0 Å². The molecule has 1 aromatic carbocycles. The van der Waals surface area contributed by atoms with Gasteiger partial charge in [0.25, 0.3) is 0 Å². The Labute approximate surface area is 125 Å². The molecule has 1 unspecified atom stereocenters. The Hall–Kier alpha value is -0.980. The minimum atomic E-state index is -3.27. The SMILES string of the molecule is CCCCOCCNC1CCS(=O)(=O)c2ccc(F)cc21. The fourth-order valence-corrected chi connectivity index (χ4v) is 4.08. The van der Waals surface area contributed by atoms with Crippen molar-refractivity contribution in [2.45, 2.75) is 37.1 Å². The maximum absolute atomic E-state index is 13.4. The third-order valence-corrected chi connectivity index (χ3v) is 5.45. The number of fused-ring (bicyclic) bond motifs is 1. The van der Waals surface area contributed by atoms with Crippen molar-refractivity contribution in [2.24, 2.45) is 0 Å². The van der Waals surface area contributed by atoms with E-state index in [0.717, 1.165) is 19.4 Å². The van der Waals surface area contributed by atoms with E-state index < -0.39 is 15.7 Å². The summed E-state index contributed by atoms with van der Waals surface area (Å²) in [5.74, 6) is -0.308. The highest BCUT2D eigenvalue weighted by Crippen LogP contribution is 2.32. The van der Waals surface area contributed by atoms with E-state index >= 15 is 0 Å². The fourth-order valence-electron chi connectivity index (χ4n) is 2.48. The van der Waals surface area contributed by atoms with Crippen LogP contribution in [-0.4, -0.2) is 33.9 Å².